The number of halogens is 2. The summed E-state index contributed by atoms with van der Waals surface area (Å²) in [7, 11) is 1.49. The van der Waals surface area contributed by atoms with Crippen LogP contribution in [0.2, 0.25) is 0 Å². The standard InChI is InChI=1S/C24H17BrFN3O5S/c1-33-20-11-15(10-19(25)22(20)34-13-14-3-2-4-18(9-14)29(31)32)12-21-23(30)28-24(35-21)27-17-7-5-16(26)6-8-17/h2-12H,13H2,1H3,(H,27,28,30). The minimum absolute atomic E-state index is 0.0196. The van der Waals surface area contributed by atoms with Crippen LogP contribution in [0.15, 0.2) is 75.0 Å². The van der Waals surface area contributed by atoms with E-state index in [1.165, 1.54) is 43.5 Å². The molecule has 1 saturated heterocycles. The Morgan fingerprint density at radius 3 is 2.69 bits per heavy atom. The van der Waals surface area contributed by atoms with Gasteiger partial charge in [0.25, 0.3) is 11.6 Å². The minimum Gasteiger partial charge on any atom is -0.493 e. The number of thioether (sulfide) groups is 1. The lowest BCUT2D eigenvalue weighted by Gasteiger charge is -2.14. The number of methoxy groups -OCH3 is 1. The Morgan fingerprint density at radius 2 is 1.97 bits per heavy atom. The van der Waals surface area contributed by atoms with Crippen molar-refractivity contribution in [2.75, 3.05) is 7.11 Å². The van der Waals surface area contributed by atoms with Gasteiger partial charge in [0.05, 0.1) is 27.1 Å². The number of hydrogen-bond acceptors (Lipinski definition) is 7. The summed E-state index contributed by atoms with van der Waals surface area (Å²) in [6, 6.07) is 15.3. The normalized spacial score (nSPS) is 15.3. The topological polar surface area (TPSA) is 103 Å². The van der Waals surface area contributed by atoms with Gasteiger partial charge in [-0.25, -0.2) is 9.38 Å². The van der Waals surface area contributed by atoms with E-state index < -0.39 is 4.92 Å². The van der Waals surface area contributed by atoms with E-state index in [1.807, 2.05) is 0 Å². The number of rotatable bonds is 7. The highest BCUT2D eigenvalue weighted by molar-refractivity contribution is 9.10. The highest BCUT2D eigenvalue weighted by atomic mass is 79.9. The number of ether oxygens (including phenoxy) is 2. The summed E-state index contributed by atoms with van der Waals surface area (Å²) in [6.07, 6.45) is 1.69. The number of nitrogens with zero attached hydrogens (tertiary/aromatic N) is 2. The van der Waals surface area contributed by atoms with Crippen molar-refractivity contribution in [1.82, 2.24) is 5.32 Å². The molecule has 0 atom stereocenters. The number of amidine groups is 1. The minimum atomic E-state index is -0.463. The van der Waals surface area contributed by atoms with Gasteiger partial charge in [0.2, 0.25) is 0 Å². The average molecular weight is 558 g/mol. The molecule has 35 heavy (non-hydrogen) atoms. The second kappa shape index (κ2) is 10.7. The molecule has 1 aliphatic rings. The maximum Gasteiger partial charge on any atom is 0.269 e. The summed E-state index contributed by atoms with van der Waals surface area (Å²) in [5.41, 5.74) is 1.81. The van der Waals surface area contributed by atoms with Gasteiger partial charge in [-0.15, -0.1) is 0 Å². The molecule has 0 radical (unpaired) electrons. The zero-order valence-electron chi connectivity index (χ0n) is 18.2. The average Bonchev–Trinajstić information content (AvgIpc) is 3.17. The third-order valence-electron chi connectivity index (χ3n) is 4.76. The van der Waals surface area contributed by atoms with Crippen LogP contribution in [0.1, 0.15) is 11.1 Å². The number of nitro benzene ring substituents is 1. The van der Waals surface area contributed by atoms with Crippen molar-refractivity contribution in [3.05, 3.63) is 97.1 Å². The maximum absolute atomic E-state index is 13.1. The summed E-state index contributed by atoms with van der Waals surface area (Å²) >= 11 is 4.63. The molecular formula is C24H17BrFN3O5S. The van der Waals surface area contributed by atoms with Crippen molar-refractivity contribution < 1.29 is 23.6 Å². The number of hydrogen-bond donors (Lipinski definition) is 1. The molecule has 0 spiro atoms. The van der Waals surface area contributed by atoms with Gasteiger partial charge in [-0.3, -0.25) is 14.9 Å². The number of aliphatic imine (C=N–C) groups is 1. The van der Waals surface area contributed by atoms with Crippen LogP contribution in [0.4, 0.5) is 15.8 Å². The van der Waals surface area contributed by atoms with E-state index in [1.54, 1.807) is 30.3 Å². The smallest absolute Gasteiger partial charge is 0.269 e. The van der Waals surface area contributed by atoms with E-state index >= 15 is 0 Å². The van der Waals surface area contributed by atoms with Gasteiger partial charge in [0.15, 0.2) is 16.7 Å². The molecule has 0 aliphatic carbocycles. The highest BCUT2D eigenvalue weighted by Gasteiger charge is 2.24. The van der Waals surface area contributed by atoms with Crippen molar-refractivity contribution >= 4 is 56.2 Å². The van der Waals surface area contributed by atoms with Gasteiger partial charge in [-0.2, -0.15) is 0 Å². The maximum atomic E-state index is 13.1. The van der Waals surface area contributed by atoms with E-state index in [-0.39, 0.29) is 24.0 Å². The Labute approximate surface area is 212 Å². The molecule has 0 bridgehead atoms. The van der Waals surface area contributed by atoms with E-state index in [0.29, 0.717) is 42.9 Å². The Morgan fingerprint density at radius 1 is 1.20 bits per heavy atom. The van der Waals surface area contributed by atoms with Crippen molar-refractivity contribution in [3.63, 3.8) is 0 Å². The van der Waals surface area contributed by atoms with Crippen molar-refractivity contribution in [2.24, 2.45) is 4.99 Å². The molecule has 178 valence electrons. The predicted octanol–water partition coefficient (Wildman–Crippen LogP) is 5.98. The molecule has 8 nitrogen and oxygen atoms in total. The first-order chi connectivity index (χ1) is 16.8. The predicted molar refractivity (Wildman–Crippen MR) is 135 cm³/mol. The van der Waals surface area contributed by atoms with Crippen molar-refractivity contribution in [2.45, 2.75) is 6.61 Å². The fourth-order valence-electron chi connectivity index (χ4n) is 3.14. The Hall–Kier alpha value is -3.70. The second-order valence-corrected chi connectivity index (χ2v) is 9.09. The van der Waals surface area contributed by atoms with Crippen LogP contribution in [-0.4, -0.2) is 23.1 Å². The summed E-state index contributed by atoms with van der Waals surface area (Å²) < 4.78 is 25.0. The van der Waals surface area contributed by atoms with Gasteiger partial charge in [-0.05, 0) is 81.3 Å². The summed E-state index contributed by atoms with van der Waals surface area (Å²) in [4.78, 5) is 27.7. The molecule has 1 fully saturated rings. The zero-order valence-corrected chi connectivity index (χ0v) is 20.6. The van der Waals surface area contributed by atoms with Gasteiger partial charge < -0.3 is 14.8 Å². The zero-order chi connectivity index (χ0) is 24.9. The first-order valence-corrected chi connectivity index (χ1v) is 11.7. The second-order valence-electron chi connectivity index (χ2n) is 7.21. The van der Waals surface area contributed by atoms with Crippen molar-refractivity contribution in [1.29, 1.82) is 0 Å². The number of nitrogens with one attached hydrogen (secondary N) is 1. The molecule has 0 aromatic heterocycles. The van der Waals surface area contributed by atoms with E-state index in [0.717, 1.165) is 11.8 Å². The molecule has 1 aliphatic heterocycles. The van der Waals surface area contributed by atoms with Gasteiger partial charge in [0.1, 0.15) is 12.4 Å². The molecule has 1 amide bonds. The summed E-state index contributed by atoms with van der Waals surface area (Å²) in [6.45, 7) is 0.0958. The van der Waals surface area contributed by atoms with Crippen LogP contribution in [0.25, 0.3) is 6.08 Å². The highest BCUT2D eigenvalue weighted by Crippen LogP contribution is 2.39. The van der Waals surface area contributed by atoms with Crippen LogP contribution in [0.5, 0.6) is 11.5 Å². The SMILES string of the molecule is COc1cc(C=C2SC(=Nc3ccc(F)cc3)NC2=O)cc(Br)c1OCc1cccc([N+](=O)[O-])c1. The summed E-state index contributed by atoms with van der Waals surface area (Å²) in [5.74, 6) is 0.162. The van der Waals surface area contributed by atoms with E-state index in [4.69, 9.17) is 9.47 Å². The first kappa shape index (κ1) is 24.4. The molecule has 1 heterocycles. The van der Waals surface area contributed by atoms with Gasteiger partial charge in [0, 0.05) is 12.1 Å². The lowest BCUT2D eigenvalue weighted by molar-refractivity contribution is -0.384. The first-order valence-electron chi connectivity index (χ1n) is 10.1. The van der Waals surface area contributed by atoms with E-state index in [9.17, 15) is 19.3 Å². The molecule has 0 unspecified atom stereocenters. The molecular weight excluding hydrogens is 541 g/mol. The van der Waals surface area contributed by atoms with Crippen LogP contribution in [0, 0.1) is 15.9 Å². The summed E-state index contributed by atoms with van der Waals surface area (Å²) in [5, 5.41) is 14.1. The fraction of sp³-hybridized carbons (Fsp3) is 0.0833. The number of non-ortho nitro benzene ring substituents is 1. The number of benzene rings is 3. The third-order valence-corrected chi connectivity index (χ3v) is 6.26. The number of nitro groups is 1. The molecule has 11 heteroatoms. The molecule has 4 rings (SSSR count). The fourth-order valence-corrected chi connectivity index (χ4v) is 4.56. The number of carbonyl (C=O) groups excluding carboxylic acids is 1. The molecule has 1 N–H and O–H groups in total. The Kier molecular flexibility index (Phi) is 7.47. The lowest BCUT2D eigenvalue weighted by Crippen LogP contribution is -2.19. The Bertz CT molecular complexity index is 1360. The van der Waals surface area contributed by atoms with Crippen LogP contribution >= 0.6 is 27.7 Å². The van der Waals surface area contributed by atoms with Crippen molar-refractivity contribution in [3.8, 4) is 11.5 Å². The molecule has 3 aromatic carbocycles. The third kappa shape index (κ3) is 6.06. The molecule has 0 saturated carbocycles. The quantitative estimate of drug-likeness (QED) is 0.218. The van der Waals surface area contributed by atoms with Crippen LogP contribution in [0.3, 0.4) is 0 Å². The van der Waals surface area contributed by atoms with E-state index in [2.05, 4.69) is 26.2 Å². The molecule has 3 aromatic rings. The van der Waals surface area contributed by atoms with Crippen LogP contribution in [-0.2, 0) is 11.4 Å². The Balaban J connectivity index is 1.52. The number of amides is 1. The van der Waals surface area contributed by atoms with Gasteiger partial charge in [-0.1, -0.05) is 12.1 Å². The van der Waals surface area contributed by atoms with Crippen LogP contribution < -0.4 is 14.8 Å². The lowest BCUT2D eigenvalue weighted by atomic mass is 10.1. The monoisotopic (exact) mass is 557 g/mol. The number of carbonyl (C=O) groups is 1. The largest absolute Gasteiger partial charge is 0.493 e. The van der Waals surface area contributed by atoms with Gasteiger partial charge >= 0.3 is 0 Å².